The fourth-order valence-electron chi connectivity index (χ4n) is 2.44. The molecule has 94 valence electrons. The Kier molecular flexibility index (Phi) is 3.43. The van der Waals surface area contributed by atoms with E-state index in [1.807, 2.05) is 0 Å². The van der Waals surface area contributed by atoms with Gasteiger partial charge in [-0.05, 0) is 46.7 Å². The van der Waals surface area contributed by atoms with Gasteiger partial charge in [0, 0.05) is 16.6 Å². The van der Waals surface area contributed by atoms with Crippen LogP contribution in [0.25, 0.3) is 0 Å². The van der Waals surface area contributed by atoms with Crippen molar-refractivity contribution >= 4 is 21.6 Å². The number of halogens is 3. The molecular weight excluding hydrogens is 288 g/mol. The Bertz CT molecular complexity index is 408. The van der Waals surface area contributed by atoms with E-state index in [1.165, 1.54) is 6.07 Å². The third-order valence-corrected chi connectivity index (χ3v) is 3.95. The molecule has 1 unspecified atom stereocenters. The van der Waals surface area contributed by atoms with Crippen LogP contribution in [0.1, 0.15) is 33.1 Å². The Morgan fingerprint density at radius 2 is 2.06 bits per heavy atom. The van der Waals surface area contributed by atoms with Gasteiger partial charge in [-0.2, -0.15) is 0 Å². The Balaban J connectivity index is 2.15. The summed E-state index contributed by atoms with van der Waals surface area (Å²) in [5.74, 6) is -1.10. The van der Waals surface area contributed by atoms with Gasteiger partial charge < -0.3 is 5.32 Å². The second-order valence-electron chi connectivity index (χ2n) is 5.49. The average Bonchev–Trinajstić information content (AvgIpc) is 2.52. The SMILES string of the molecule is CC1(C)CCC(Nc2c(F)cc(F)cc2Br)C1. The highest BCUT2D eigenvalue weighted by Crippen LogP contribution is 2.39. The quantitative estimate of drug-likeness (QED) is 0.834. The molecule has 0 spiro atoms. The second kappa shape index (κ2) is 4.56. The molecule has 1 aliphatic rings. The van der Waals surface area contributed by atoms with E-state index >= 15 is 0 Å². The van der Waals surface area contributed by atoms with Crippen LogP contribution in [-0.2, 0) is 0 Å². The Morgan fingerprint density at radius 3 is 2.59 bits per heavy atom. The monoisotopic (exact) mass is 303 g/mol. The van der Waals surface area contributed by atoms with Crippen molar-refractivity contribution in [1.82, 2.24) is 0 Å². The molecule has 0 radical (unpaired) electrons. The minimum absolute atomic E-state index is 0.265. The van der Waals surface area contributed by atoms with Crippen molar-refractivity contribution in [3.8, 4) is 0 Å². The van der Waals surface area contributed by atoms with E-state index < -0.39 is 11.6 Å². The normalized spacial score (nSPS) is 22.8. The van der Waals surface area contributed by atoms with Crippen LogP contribution in [0.3, 0.4) is 0 Å². The van der Waals surface area contributed by atoms with E-state index in [2.05, 4.69) is 35.1 Å². The van der Waals surface area contributed by atoms with Gasteiger partial charge in [-0.3, -0.25) is 0 Å². The summed E-state index contributed by atoms with van der Waals surface area (Å²) in [5.41, 5.74) is 0.676. The zero-order valence-electron chi connectivity index (χ0n) is 9.99. The number of anilines is 1. The highest BCUT2D eigenvalue weighted by molar-refractivity contribution is 9.10. The molecule has 1 nitrogen and oxygen atoms in total. The van der Waals surface area contributed by atoms with Crippen LogP contribution in [0.2, 0.25) is 0 Å². The highest BCUT2D eigenvalue weighted by Gasteiger charge is 2.31. The molecule has 1 saturated carbocycles. The molecule has 0 heterocycles. The molecule has 4 heteroatoms. The predicted octanol–water partition coefficient (Wildman–Crippen LogP) is 4.72. The molecule has 1 aromatic carbocycles. The maximum absolute atomic E-state index is 13.6. The van der Waals surface area contributed by atoms with E-state index in [0.717, 1.165) is 25.3 Å². The van der Waals surface area contributed by atoms with Crippen LogP contribution < -0.4 is 5.32 Å². The summed E-state index contributed by atoms with van der Waals surface area (Å²) in [5, 5.41) is 3.17. The topological polar surface area (TPSA) is 12.0 Å². The zero-order valence-corrected chi connectivity index (χ0v) is 11.6. The summed E-state index contributed by atoms with van der Waals surface area (Å²) >= 11 is 3.19. The van der Waals surface area contributed by atoms with Gasteiger partial charge >= 0.3 is 0 Å². The lowest BCUT2D eigenvalue weighted by Gasteiger charge is -2.19. The van der Waals surface area contributed by atoms with Crippen molar-refractivity contribution in [3.05, 3.63) is 28.2 Å². The first-order valence-corrected chi connectivity index (χ1v) is 6.58. The minimum Gasteiger partial charge on any atom is -0.379 e. The zero-order chi connectivity index (χ0) is 12.6. The first-order valence-electron chi connectivity index (χ1n) is 5.78. The predicted molar refractivity (Wildman–Crippen MR) is 69.1 cm³/mol. The van der Waals surface area contributed by atoms with Gasteiger partial charge in [0.05, 0.1) is 5.69 Å². The van der Waals surface area contributed by atoms with Crippen molar-refractivity contribution in [2.45, 2.75) is 39.2 Å². The standard InChI is InChI=1S/C13H16BrF2N/c1-13(2)4-3-9(7-13)17-12-10(14)5-8(15)6-11(12)16/h5-6,9,17H,3-4,7H2,1-2H3. The number of benzene rings is 1. The fourth-order valence-corrected chi connectivity index (χ4v) is 2.97. The van der Waals surface area contributed by atoms with Crippen molar-refractivity contribution in [1.29, 1.82) is 0 Å². The number of hydrogen-bond acceptors (Lipinski definition) is 1. The van der Waals surface area contributed by atoms with Gasteiger partial charge in [-0.25, -0.2) is 8.78 Å². The van der Waals surface area contributed by atoms with E-state index in [4.69, 9.17) is 0 Å². The summed E-state index contributed by atoms with van der Waals surface area (Å²) in [6, 6.07) is 2.46. The number of hydrogen-bond donors (Lipinski definition) is 1. The number of rotatable bonds is 2. The van der Waals surface area contributed by atoms with Crippen molar-refractivity contribution in [2.75, 3.05) is 5.32 Å². The average molecular weight is 304 g/mol. The third kappa shape index (κ3) is 2.97. The van der Waals surface area contributed by atoms with Gasteiger partial charge in [0.2, 0.25) is 0 Å². The summed E-state index contributed by atoms with van der Waals surface area (Å²) in [7, 11) is 0. The smallest absolute Gasteiger partial charge is 0.150 e. The first-order chi connectivity index (χ1) is 7.87. The van der Waals surface area contributed by atoms with Crippen molar-refractivity contribution < 1.29 is 8.78 Å². The third-order valence-electron chi connectivity index (χ3n) is 3.32. The van der Waals surface area contributed by atoms with E-state index in [0.29, 0.717) is 15.6 Å². The van der Waals surface area contributed by atoms with E-state index in [9.17, 15) is 8.78 Å². The molecule has 1 fully saturated rings. The Hall–Kier alpha value is -0.640. The molecule has 0 amide bonds. The van der Waals surface area contributed by atoms with Crippen LogP contribution in [-0.4, -0.2) is 6.04 Å². The maximum Gasteiger partial charge on any atom is 0.150 e. The first kappa shape index (κ1) is 12.8. The second-order valence-corrected chi connectivity index (χ2v) is 6.35. The minimum atomic E-state index is -0.563. The number of nitrogens with one attached hydrogen (secondary N) is 1. The molecule has 0 bridgehead atoms. The van der Waals surface area contributed by atoms with Crippen molar-refractivity contribution in [3.63, 3.8) is 0 Å². The summed E-state index contributed by atoms with van der Waals surface area (Å²) < 4.78 is 27.0. The van der Waals surface area contributed by atoms with Crippen LogP contribution >= 0.6 is 15.9 Å². The van der Waals surface area contributed by atoms with Gasteiger partial charge in [0.25, 0.3) is 0 Å². The molecule has 1 atom stereocenters. The van der Waals surface area contributed by atoms with E-state index in [-0.39, 0.29) is 6.04 Å². The molecule has 0 saturated heterocycles. The van der Waals surface area contributed by atoms with Gasteiger partial charge in [-0.15, -0.1) is 0 Å². The lowest BCUT2D eigenvalue weighted by Crippen LogP contribution is -2.18. The molecular formula is C13H16BrF2N. The summed E-state index contributed by atoms with van der Waals surface area (Å²) in [6.07, 6.45) is 3.16. The molecule has 0 aromatic heterocycles. The van der Waals surface area contributed by atoms with Crippen LogP contribution in [0, 0.1) is 17.0 Å². The largest absolute Gasteiger partial charge is 0.379 e. The summed E-state index contributed by atoms with van der Waals surface area (Å²) in [4.78, 5) is 0. The molecule has 2 rings (SSSR count). The van der Waals surface area contributed by atoms with Crippen LogP contribution in [0.5, 0.6) is 0 Å². The maximum atomic E-state index is 13.6. The molecule has 1 aliphatic carbocycles. The molecule has 17 heavy (non-hydrogen) atoms. The lowest BCUT2D eigenvalue weighted by atomic mass is 9.92. The molecule has 1 aromatic rings. The van der Waals surface area contributed by atoms with Gasteiger partial charge in [-0.1, -0.05) is 13.8 Å². The van der Waals surface area contributed by atoms with Crippen LogP contribution in [0.15, 0.2) is 16.6 Å². The molecule has 1 N–H and O–H groups in total. The van der Waals surface area contributed by atoms with Gasteiger partial charge in [0.15, 0.2) is 0 Å². The Labute approximate surface area is 109 Å². The van der Waals surface area contributed by atoms with E-state index in [1.54, 1.807) is 0 Å². The summed E-state index contributed by atoms with van der Waals surface area (Å²) in [6.45, 7) is 4.43. The lowest BCUT2D eigenvalue weighted by molar-refractivity contribution is 0.378. The fraction of sp³-hybridized carbons (Fsp3) is 0.538. The van der Waals surface area contributed by atoms with Crippen LogP contribution in [0.4, 0.5) is 14.5 Å². The van der Waals surface area contributed by atoms with Crippen molar-refractivity contribution in [2.24, 2.45) is 5.41 Å². The highest BCUT2D eigenvalue weighted by atomic mass is 79.9. The van der Waals surface area contributed by atoms with Gasteiger partial charge in [0.1, 0.15) is 11.6 Å². The molecule has 0 aliphatic heterocycles. The Morgan fingerprint density at radius 1 is 1.35 bits per heavy atom.